The summed E-state index contributed by atoms with van der Waals surface area (Å²) < 4.78 is 1.11. The number of carbonyl (C=O) groups is 1. The standard InChI is InChI=1S/C16H19NOS/c1-10-3-4-12(7-11(10)2)16(18)13-8-15-14(17-9-13)5-6-19-15/h5-6,8-12H,3-4,7H2,1-2H3. The van der Waals surface area contributed by atoms with Crippen molar-refractivity contribution < 1.29 is 4.79 Å². The molecular weight excluding hydrogens is 254 g/mol. The van der Waals surface area contributed by atoms with Crippen molar-refractivity contribution in [1.82, 2.24) is 4.98 Å². The normalized spacial score (nSPS) is 27.6. The molecule has 0 aliphatic heterocycles. The van der Waals surface area contributed by atoms with Gasteiger partial charge in [0.15, 0.2) is 5.78 Å². The maximum Gasteiger partial charge on any atom is 0.167 e. The van der Waals surface area contributed by atoms with Crippen LogP contribution < -0.4 is 0 Å². The van der Waals surface area contributed by atoms with E-state index in [4.69, 9.17) is 0 Å². The monoisotopic (exact) mass is 273 g/mol. The average molecular weight is 273 g/mol. The van der Waals surface area contributed by atoms with Crippen molar-refractivity contribution >= 4 is 27.3 Å². The van der Waals surface area contributed by atoms with Crippen LogP contribution in [0.4, 0.5) is 0 Å². The van der Waals surface area contributed by atoms with Crippen molar-refractivity contribution in [1.29, 1.82) is 0 Å². The van der Waals surface area contributed by atoms with E-state index in [1.165, 1.54) is 6.42 Å². The van der Waals surface area contributed by atoms with Crippen molar-refractivity contribution in [3.8, 4) is 0 Å². The van der Waals surface area contributed by atoms with E-state index < -0.39 is 0 Å². The Morgan fingerprint density at radius 1 is 1.32 bits per heavy atom. The first-order chi connectivity index (χ1) is 9.15. The second-order valence-corrected chi connectivity index (χ2v) is 6.80. The number of pyridine rings is 1. The molecule has 0 spiro atoms. The Kier molecular flexibility index (Phi) is 3.40. The van der Waals surface area contributed by atoms with Crippen LogP contribution in [0.5, 0.6) is 0 Å². The van der Waals surface area contributed by atoms with Crippen molar-refractivity contribution in [2.24, 2.45) is 17.8 Å². The summed E-state index contributed by atoms with van der Waals surface area (Å²) in [6, 6.07) is 4.01. The van der Waals surface area contributed by atoms with Crippen LogP contribution in [0.1, 0.15) is 43.5 Å². The largest absolute Gasteiger partial charge is 0.294 e. The Morgan fingerprint density at radius 3 is 2.95 bits per heavy atom. The first kappa shape index (κ1) is 12.8. The summed E-state index contributed by atoms with van der Waals surface area (Å²) in [5, 5.41) is 2.02. The van der Waals surface area contributed by atoms with Crippen LogP contribution in [0.3, 0.4) is 0 Å². The van der Waals surface area contributed by atoms with E-state index >= 15 is 0 Å². The number of rotatable bonds is 2. The number of Topliss-reactive ketones (excluding diaryl/α,β-unsaturated/α-hetero) is 1. The molecule has 0 aromatic carbocycles. The number of fused-ring (bicyclic) bond motifs is 1. The van der Waals surface area contributed by atoms with E-state index in [9.17, 15) is 4.79 Å². The van der Waals surface area contributed by atoms with Crippen LogP contribution in [-0.2, 0) is 0 Å². The van der Waals surface area contributed by atoms with Crippen LogP contribution in [0, 0.1) is 17.8 Å². The van der Waals surface area contributed by atoms with Crippen LogP contribution in [0.2, 0.25) is 0 Å². The zero-order valence-electron chi connectivity index (χ0n) is 11.4. The van der Waals surface area contributed by atoms with E-state index in [0.29, 0.717) is 11.7 Å². The van der Waals surface area contributed by atoms with Crippen molar-refractivity contribution in [3.63, 3.8) is 0 Å². The van der Waals surface area contributed by atoms with Gasteiger partial charge >= 0.3 is 0 Å². The number of aromatic nitrogens is 1. The Bertz CT molecular complexity index is 604. The van der Waals surface area contributed by atoms with E-state index in [1.54, 1.807) is 17.5 Å². The van der Waals surface area contributed by atoms with Crippen molar-refractivity contribution in [2.45, 2.75) is 33.1 Å². The lowest BCUT2D eigenvalue weighted by Crippen LogP contribution is -2.26. The molecule has 19 heavy (non-hydrogen) atoms. The third-order valence-electron chi connectivity index (χ3n) is 4.56. The topological polar surface area (TPSA) is 30.0 Å². The van der Waals surface area contributed by atoms with Crippen LogP contribution >= 0.6 is 11.3 Å². The van der Waals surface area contributed by atoms with Gasteiger partial charge in [0.1, 0.15) is 0 Å². The average Bonchev–Trinajstić information content (AvgIpc) is 2.88. The third kappa shape index (κ3) is 2.44. The van der Waals surface area contributed by atoms with E-state index in [2.05, 4.69) is 18.8 Å². The van der Waals surface area contributed by atoms with Crippen molar-refractivity contribution in [2.75, 3.05) is 0 Å². The molecule has 2 nitrogen and oxygen atoms in total. The zero-order valence-corrected chi connectivity index (χ0v) is 12.2. The van der Waals surface area contributed by atoms with E-state index in [-0.39, 0.29) is 5.92 Å². The zero-order chi connectivity index (χ0) is 13.4. The molecule has 1 fully saturated rings. The quantitative estimate of drug-likeness (QED) is 0.751. The summed E-state index contributed by atoms with van der Waals surface area (Å²) in [4.78, 5) is 17.0. The molecule has 0 bridgehead atoms. The molecule has 2 aromatic heterocycles. The highest BCUT2D eigenvalue weighted by Crippen LogP contribution is 2.35. The van der Waals surface area contributed by atoms with Gasteiger partial charge in [0.25, 0.3) is 0 Å². The van der Waals surface area contributed by atoms with Crippen LogP contribution in [0.25, 0.3) is 10.2 Å². The Balaban J connectivity index is 1.83. The lowest BCUT2D eigenvalue weighted by atomic mass is 9.73. The number of hydrogen-bond donors (Lipinski definition) is 0. The van der Waals surface area contributed by atoms with Crippen LogP contribution in [0.15, 0.2) is 23.7 Å². The molecule has 100 valence electrons. The molecule has 3 unspecified atom stereocenters. The minimum absolute atomic E-state index is 0.199. The minimum Gasteiger partial charge on any atom is -0.294 e. The maximum atomic E-state index is 12.6. The summed E-state index contributed by atoms with van der Waals surface area (Å²) >= 11 is 1.65. The molecule has 3 atom stereocenters. The second kappa shape index (κ2) is 5.04. The SMILES string of the molecule is CC1CCC(C(=O)c2cnc3ccsc3c2)CC1C. The fourth-order valence-electron chi connectivity index (χ4n) is 3.00. The number of ketones is 1. The Hall–Kier alpha value is -1.22. The van der Waals surface area contributed by atoms with Crippen LogP contribution in [-0.4, -0.2) is 10.8 Å². The summed E-state index contributed by atoms with van der Waals surface area (Å²) in [7, 11) is 0. The van der Waals surface area contributed by atoms with Gasteiger partial charge in [-0.1, -0.05) is 13.8 Å². The molecule has 0 saturated heterocycles. The van der Waals surface area contributed by atoms with Gasteiger partial charge < -0.3 is 0 Å². The second-order valence-electron chi connectivity index (χ2n) is 5.86. The number of nitrogens with zero attached hydrogens (tertiary/aromatic N) is 1. The summed E-state index contributed by atoms with van der Waals surface area (Å²) in [5.41, 5.74) is 1.79. The fourth-order valence-corrected chi connectivity index (χ4v) is 3.78. The molecule has 0 N–H and O–H groups in total. The van der Waals surface area contributed by atoms with Gasteiger partial charge in [-0.3, -0.25) is 9.78 Å². The van der Waals surface area contributed by atoms with E-state index in [1.807, 2.05) is 17.5 Å². The van der Waals surface area contributed by atoms with Gasteiger partial charge in [0.05, 0.1) is 10.2 Å². The number of thiophene rings is 1. The Labute approximate surface area is 117 Å². The molecule has 0 radical (unpaired) electrons. The van der Waals surface area contributed by atoms with E-state index in [0.717, 1.165) is 34.5 Å². The molecule has 2 heterocycles. The summed E-state index contributed by atoms with van der Waals surface area (Å²) in [5.74, 6) is 1.90. The van der Waals surface area contributed by atoms with Gasteiger partial charge in [-0.15, -0.1) is 11.3 Å². The summed E-state index contributed by atoms with van der Waals surface area (Å²) in [6.07, 6.45) is 4.99. The highest BCUT2D eigenvalue weighted by Gasteiger charge is 2.29. The molecule has 3 heteroatoms. The highest BCUT2D eigenvalue weighted by atomic mass is 32.1. The van der Waals surface area contributed by atoms with Gasteiger partial charge in [-0.2, -0.15) is 0 Å². The molecule has 3 rings (SSSR count). The lowest BCUT2D eigenvalue weighted by Gasteiger charge is -2.31. The third-order valence-corrected chi connectivity index (χ3v) is 5.41. The molecule has 0 amide bonds. The lowest BCUT2D eigenvalue weighted by molar-refractivity contribution is 0.0837. The minimum atomic E-state index is 0.199. The first-order valence-corrected chi connectivity index (χ1v) is 7.90. The van der Waals surface area contributed by atoms with Gasteiger partial charge in [-0.05, 0) is 48.6 Å². The smallest absolute Gasteiger partial charge is 0.167 e. The fraction of sp³-hybridized carbons (Fsp3) is 0.500. The Morgan fingerprint density at radius 2 is 2.16 bits per heavy atom. The van der Waals surface area contributed by atoms with Gasteiger partial charge in [0, 0.05) is 17.7 Å². The predicted octanol–water partition coefficient (Wildman–Crippen LogP) is 4.55. The van der Waals surface area contributed by atoms with Crippen molar-refractivity contribution in [3.05, 3.63) is 29.3 Å². The molecular formula is C16H19NOS. The predicted molar refractivity (Wildman–Crippen MR) is 79.6 cm³/mol. The summed E-state index contributed by atoms with van der Waals surface area (Å²) in [6.45, 7) is 4.56. The van der Waals surface area contributed by atoms with Gasteiger partial charge in [-0.25, -0.2) is 0 Å². The first-order valence-electron chi connectivity index (χ1n) is 7.02. The number of hydrogen-bond acceptors (Lipinski definition) is 3. The van der Waals surface area contributed by atoms with Gasteiger partial charge in [0.2, 0.25) is 0 Å². The molecule has 1 aliphatic rings. The number of carbonyl (C=O) groups excluding carboxylic acids is 1. The molecule has 2 aromatic rings. The maximum absolute atomic E-state index is 12.6. The molecule has 1 aliphatic carbocycles. The molecule has 1 saturated carbocycles. The highest BCUT2D eigenvalue weighted by molar-refractivity contribution is 7.17.